The van der Waals surface area contributed by atoms with Gasteiger partial charge in [0.05, 0.1) is 0 Å². The summed E-state index contributed by atoms with van der Waals surface area (Å²) in [5.74, 6) is 0.747. The Morgan fingerprint density at radius 2 is 1.88 bits per heavy atom. The molecule has 0 aromatic rings. The predicted octanol–water partition coefficient (Wildman–Crippen LogP) is 1.14. The molecule has 0 aliphatic carbocycles. The van der Waals surface area contributed by atoms with Crippen LogP contribution in [0.1, 0.15) is 32.6 Å². The molecule has 3 nitrogen and oxygen atoms in total. The fourth-order valence-electron chi connectivity index (χ4n) is 3.15. The van der Waals surface area contributed by atoms with Crippen LogP contribution >= 0.6 is 0 Å². The summed E-state index contributed by atoms with van der Waals surface area (Å²) >= 11 is 0. The summed E-state index contributed by atoms with van der Waals surface area (Å²) in [6.45, 7) is 9.60. The minimum atomic E-state index is 0.747. The molecule has 0 aromatic carbocycles. The van der Waals surface area contributed by atoms with Crippen molar-refractivity contribution in [3.63, 3.8) is 0 Å². The molecule has 2 aliphatic heterocycles. The third kappa shape index (κ3) is 3.19. The number of nitrogens with two attached hydrogens (primary N) is 1. The van der Waals surface area contributed by atoms with E-state index < -0.39 is 0 Å². The van der Waals surface area contributed by atoms with Gasteiger partial charge >= 0.3 is 0 Å². The molecule has 2 N–H and O–H groups in total. The van der Waals surface area contributed by atoms with Gasteiger partial charge in [-0.15, -0.1) is 0 Å². The van der Waals surface area contributed by atoms with Crippen LogP contribution in [0, 0.1) is 5.92 Å². The highest BCUT2D eigenvalue weighted by Crippen LogP contribution is 2.21. The topological polar surface area (TPSA) is 32.5 Å². The van der Waals surface area contributed by atoms with Crippen LogP contribution in [-0.2, 0) is 0 Å². The van der Waals surface area contributed by atoms with Crippen LogP contribution < -0.4 is 5.73 Å². The molecule has 2 unspecified atom stereocenters. The maximum absolute atomic E-state index is 5.76. The van der Waals surface area contributed by atoms with Crippen molar-refractivity contribution in [2.45, 2.75) is 38.6 Å². The summed E-state index contributed by atoms with van der Waals surface area (Å²) in [4.78, 5) is 5.26. The van der Waals surface area contributed by atoms with Gasteiger partial charge in [-0.3, -0.25) is 4.90 Å². The van der Waals surface area contributed by atoms with E-state index in [9.17, 15) is 0 Å². The van der Waals surface area contributed by atoms with E-state index in [-0.39, 0.29) is 0 Å². The highest BCUT2D eigenvalue weighted by Gasteiger charge is 2.27. The van der Waals surface area contributed by atoms with Crippen LogP contribution in [0.2, 0.25) is 0 Å². The van der Waals surface area contributed by atoms with Crippen molar-refractivity contribution in [3.05, 3.63) is 0 Å². The third-order valence-corrected chi connectivity index (χ3v) is 4.28. The van der Waals surface area contributed by atoms with E-state index in [1.54, 1.807) is 0 Å². The number of nitrogens with zero attached hydrogens (tertiary/aromatic N) is 2. The fourth-order valence-corrected chi connectivity index (χ4v) is 3.15. The summed E-state index contributed by atoms with van der Waals surface area (Å²) in [5, 5.41) is 0. The van der Waals surface area contributed by atoms with Gasteiger partial charge in [0.25, 0.3) is 0 Å². The molecular formula is C13H27N3. The molecule has 2 heterocycles. The van der Waals surface area contributed by atoms with Gasteiger partial charge in [0, 0.05) is 25.7 Å². The summed E-state index contributed by atoms with van der Waals surface area (Å²) in [5.41, 5.74) is 5.76. The van der Waals surface area contributed by atoms with Gasteiger partial charge in [-0.25, -0.2) is 0 Å². The van der Waals surface area contributed by atoms with Crippen molar-refractivity contribution in [3.8, 4) is 0 Å². The molecule has 2 saturated heterocycles. The van der Waals surface area contributed by atoms with Gasteiger partial charge in [0.15, 0.2) is 0 Å². The Labute approximate surface area is 100.0 Å². The highest BCUT2D eigenvalue weighted by molar-refractivity contribution is 4.83. The van der Waals surface area contributed by atoms with Gasteiger partial charge in [-0.2, -0.15) is 0 Å². The average molecular weight is 225 g/mol. The summed E-state index contributed by atoms with van der Waals surface area (Å²) < 4.78 is 0. The van der Waals surface area contributed by atoms with Gasteiger partial charge in [0.1, 0.15) is 0 Å². The summed E-state index contributed by atoms with van der Waals surface area (Å²) in [6, 6.07) is 0.748. The van der Waals surface area contributed by atoms with Gasteiger partial charge < -0.3 is 10.6 Å². The lowest BCUT2D eigenvalue weighted by atomic mass is 10.1. The first-order valence-corrected chi connectivity index (χ1v) is 6.96. The number of hydrogen-bond donors (Lipinski definition) is 1. The third-order valence-electron chi connectivity index (χ3n) is 4.28. The number of piperidine rings is 1. The smallest absolute Gasteiger partial charge is 0.0112 e. The van der Waals surface area contributed by atoms with E-state index in [0.29, 0.717) is 0 Å². The fraction of sp³-hybridized carbons (Fsp3) is 1.00. The minimum Gasteiger partial charge on any atom is -0.330 e. The molecule has 2 fully saturated rings. The molecule has 0 bridgehead atoms. The molecule has 0 aromatic heterocycles. The van der Waals surface area contributed by atoms with Crippen LogP contribution in [0.3, 0.4) is 0 Å². The van der Waals surface area contributed by atoms with Crippen molar-refractivity contribution >= 4 is 0 Å². The first-order valence-electron chi connectivity index (χ1n) is 6.96. The lowest BCUT2D eigenvalue weighted by Crippen LogP contribution is -2.39. The van der Waals surface area contributed by atoms with E-state index in [2.05, 4.69) is 16.7 Å². The largest absolute Gasteiger partial charge is 0.330 e. The first-order chi connectivity index (χ1) is 7.79. The van der Waals surface area contributed by atoms with Crippen LogP contribution in [0.4, 0.5) is 0 Å². The van der Waals surface area contributed by atoms with Crippen molar-refractivity contribution in [1.82, 2.24) is 9.80 Å². The normalized spacial score (nSPS) is 33.4. The van der Waals surface area contributed by atoms with E-state index >= 15 is 0 Å². The highest BCUT2D eigenvalue weighted by atomic mass is 15.2. The molecule has 2 aliphatic rings. The number of rotatable bonds is 4. The Balaban J connectivity index is 1.69. The Bertz CT molecular complexity index is 201. The Morgan fingerprint density at radius 1 is 1.12 bits per heavy atom. The number of likely N-dealkylation sites (tertiary alicyclic amines) is 2. The molecule has 94 valence electrons. The first kappa shape index (κ1) is 12.3. The van der Waals surface area contributed by atoms with E-state index in [1.165, 1.54) is 58.4 Å². The molecule has 2 atom stereocenters. The van der Waals surface area contributed by atoms with E-state index in [0.717, 1.165) is 18.5 Å². The van der Waals surface area contributed by atoms with E-state index in [4.69, 9.17) is 5.73 Å². The molecule has 3 heteroatoms. The van der Waals surface area contributed by atoms with Crippen LogP contribution in [0.5, 0.6) is 0 Å². The monoisotopic (exact) mass is 225 g/mol. The zero-order valence-electron chi connectivity index (χ0n) is 10.7. The molecule has 0 amide bonds. The average Bonchev–Trinajstić information content (AvgIpc) is 2.69. The predicted molar refractivity (Wildman–Crippen MR) is 68.5 cm³/mol. The van der Waals surface area contributed by atoms with Gasteiger partial charge in [-0.05, 0) is 51.7 Å². The molecule has 0 radical (unpaired) electrons. The van der Waals surface area contributed by atoms with Crippen molar-refractivity contribution < 1.29 is 0 Å². The summed E-state index contributed by atoms with van der Waals surface area (Å²) in [7, 11) is 0. The minimum absolute atomic E-state index is 0.747. The van der Waals surface area contributed by atoms with Crippen molar-refractivity contribution in [2.75, 3.05) is 39.3 Å². The van der Waals surface area contributed by atoms with Gasteiger partial charge in [-0.1, -0.05) is 6.42 Å². The standard InChI is InChI=1S/C13H27N3/c1-12-9-13(10-14)11-16(12)8-7-15-5-3-2-4-6-15/h12-13H,2-11,14H2,1H3. The second-order valence-electron chi connectivity index (χ2n) is 5.58. The lowest BCUT2D eigenvalue weighted by molar-refractivity contribution is 0.177. The Kier molecular flexibility index (Phi) is 4.62. The zero-order chi connectivity index (χ0) is 11.4. The van der Waals surface area contributed by atoms with Gasteiger partial charge in [0.2, 0.25) is 0 Å². The lowest BCUT2D eigenvalue weighted by Gasteiger charge is -2.29. The number of hydrogen-bond acceptors (Lipinski definition) is 3. The van der Waals surface area contributed by atoms with Crippen LogP contribution in [0.25, 0.3) is 0 Å². The molecule has 0 saturated carbocycles. The second-order valence-corrected chi connectivity index (χ2v) is 5.58. The van der Waals surface area contributed by atoms with Crippen molar-refractivity contribution in [1.29, 1.82) is 0 Å². The summed E-state index contributed by atoms with van der Waals surface area (Å²) in [6.07, 6.45) is 5.55. The molecule has 16 heavy (non-hydrogen) atoms. The Morgan fingerprint density at radius 3 is 2.50 bits per heavy atom. The molecule has 0 spiro atoms. The molecule has 2 rings (SSSR count). The van der Waals surface area contributed by atoms with E-state index in [1.807, 2.05) is 0 Å². The maximum Gasteiger partial charge on any atom is 0.0112 e. The Hall–Kier alpha value is -0.120. The van der Waals surface area contributed by atoms with Crippen molar-refractivity contribution in [2.24, 2.45) is 11.7 Å². The van der Waals surface area contributed by atoms with Crippen LogP contribution in [-0.4, -0.2) is 55.1 Å². The van der Waals surface area contributed by atoms with Crippen LogP contribution in [0.15, 0.2) is 0 Å². The molecular weight excluding hydrogens is 198 g/mol. The quantitative estimate of drug-likeness (QED) is 0.779. The zero-order valence-corrected chi connectivity index (χ0v) is 10.7. The maximum atomic E-state index is 5.76. The second kappa shape index (κ2) is 5.99. The SMILES string of the molecule is CC1CC(CN)CN1CCN1CCCCC1.